The third kappa shape index (κ3) is 4.37. The summed E-state index contributed by atoms with van der Waals surface area (Å²) in [6.45, 7) is 6.20. The summed E-state index contributed by atoms with van der Waals surface area (Å²) in [7, 11) is 1.65. The second-order valence-corrected chi connectivity index (χ2v) is 4.62. The van der Waals surface area contributed by atoms with Gasteiger partial charge in [0.15, 0.2) is 11.5 Å². The molecule has 0 amide bonds. The lowest BCUT2D eigenvalue weighted by molar-refractivity contribution is -0.0864. The Morgan fingerprint density at radius 1 is 1.30 bits per heavy atom. The first kappa shape index (κ1) is 15.1. The maximum absolute atomic E-state index is 5.58. The predicted molar refractivity (Wildman–Crippen MR) is 76.4 cm³/mol. The summed E-state index contributed by atoms with van der Waals surface area (Å²) < 4.78 is 21.8. The van der Waals surface area contributed by atoms with Gasteiger partial charge in [0, 0.05) is 13.1 Å². The van der Waals surface area contributed by atoms with Crippen LogP contribution in [0.2, 0.25) is 0 Å². The van der Waals surface area contributed by atoms with Crippen LogP contribution in [0.3, 0.4) is 0 Å². The fourth-order valence-electron chi connectivity index (χ4n) is 2.13. The molecule has 1 heterocycles. The Morgan fingerprint density at radius 2 is 2.20 bits per heavy atom. The predicted octanol–water partition coefficient (Wildman–Crippen LogP) is 1.60. The van der Waals surface area contributed by atoms with Gasteiger partial charge >= 0.3 is 0 Å². The van der Waals surface area contributed by atoms with Crippen LogP contribution >= 0.6 is 0 Å². The van der Waals surface area contributed by atoms with Gasteiger partial charge in [-0.15, -0.1) is 0 Å². The number of rotatable bonds is 7. The van der Waals surface area contributed by atoms with Crippen LogP contribution < -0.4 is 14.8 Å². The summed E-state index contributed by atoms with van der Waals surface area (Å²) in [4.78, 5) is 0. The number of benzene rings is 1. The maximum Gasteiger partial charge on any atom is 0.161 e. The lowest BCUT2D eigenvalue weighted by Gasteiger charge is -2.23. The van der Waals surface area contributed by atoms with E-state index in [1.807, 2.05) is 25.1 Å². The van der Waals surface area contributed by atoms with Crippen LogP contribution in [0.5, 0.6) is 11.5 Å². The molecule has 1 fully saturated rings. The van der Waals surface area contributed by atoms with Crippen molar-refractivity contribution in [2.24, 2.45) is 0 Å². The van der Waals surface area contributed by atoms with Crippen LogP contribution in [0, 0.1) is 0 Å². The van der Waals surface area contributed by atoms with E-state index in [2.05, 4.69) is 5.32 Å². The Bertz CT molecular complexity index is 405. The van der Waals surface area contributed by atoms with E-state index in [1.54, 1.807) is 7.11 Å². The van der Waals surface area contributed by atoms with Crippen molar-refractivity contribution >= 4 is 0 Å². The Morgan fingerprint density at radius 3 is 2.90 bits per heavy atom. The monoisotopic (exact) mass is 281 g/mol. The smallest absolute Gasteiger partial charge is 0.161 e. The largest absolute Gasteiger partial charge is 0.493 e. The number of hydrogen-bond donors (Lipinski definition) is 1. The molecule has 0 spiro atoms. The lowest BCUT2D eigenvalue weighted by atomic mass is 10.2. The molecule has 2 rings (SSSR count). The minimum absolute atomic E-state index is 0.147. The fourth-order valence-corrected chi connectivity index (χ4v) is 2.13. The first-order chi connectivity index (χ1) is 9.83. The number of hydrogen-bond acceptors (Lipinski definition) is 5. The van der Waals surface area contributed by atoms with Crippen LogP contribution in [0.25, 0.3) is 0 Å². The summed E-state index contributed by atoms with van der Waals surface area (Å²) in [6.07, 6.45) is 0.147. The van der Waals surface area contributed by atoms with Gasteiger partial charge in [0.1, 0.15) is 0 Å². The van der Waals surface area contributed by atoms with E-state index in [-0.39, 0.29) is 6.10 Å². The first-order valence-corrected chi connectivity index (χ1v) is 7.03. The van der Waals surface area contributed by atoms with E-state index in [0.29, 0.717) is 26.4 Å². The molecule has 0 bridgehead atoms. The van der Waals surface area contributed by atoms with Gasteiger partial charge in [-0.1, -0.05) is 6.07 Å². The zero-order chi connectivity index (χ0) is 14.2. The highest BCUT2D eigenvalue weighted by Crippen LogP contribution is 2.27. The molecule has 20 heavy (non-hydrogen) atoms. The highest BCUT2D eigenvalue weighted by Gasteiger charge is 2.13. The van der Waals surface area contributed by atoms with Crippen molar-refractivity contribution in [3.8, 4) is 11.5 Å². The van der Waals surface area contributed by atoms with Gasteiger partial charge in [-0.05, 0) is 24.6 Å². The molecule has 5 heteroatoms. The molecule has 0 aromatic heterocycles. The van der Waals surface area contributed by atoms with Crippen molar-refractivity contribution in [1.82, 2.24) is 5.32 Å². The molecule has 1 N–H and O–H groups in total. The van der Waals surface area contributed by atoms with Crippen molar-refractivity contribution in [1.29, 1.82) is 0 Å². The van der Waals surface area contributed by atoms with Crippen LogP contribution in [-0.4, -0.2) is 46.2 Å². The molecular weight excluding hydrogens is 258 g/mol. The normalized spacial score (nSPS) is 18.8. The molecule has 1 aromatic carbocycles. The summed E-state index contributed by atoms with van der Waals surface area (Å²) in [5.41, 5.74) is 1.16. The van der Waals surface area contributed by atoms with Crippen LogP contribution in [0.15, 0.2) is 18.2 Å². The Labute approximate surface area is 120 Å². The van der Waals surface area contributed by atoms with Gasteiger partial charge in [0.25, 0.3) is 0 Å². The SMILES string of the molecule is CCOc1cc(CNCC2COCCO2)ccc1OC. The molecule has 1 saturated heterocycles. The zero-order valence-corrected chi connectivity index (χ0v) is 12.2. The quantitative estimate of drug-likeness (QED) is 0.822. The van der Waals surface area contributed by atoms with Gasteiger partial charge in [-0.25, -0.2) is 0 Å². The molecular formula is C15H23NO4. The molecule has 112 valence electrons. The molecule has 0 radical (unpaired) electrons. The Kier molecular flexibility index (Phi) is 6.11. The van der Waals surface area contributed by atoms with Gasteiger partial charge in [0.05, 0.1) is 39.6 Å². The van der Waals surface area contributed by atoms with Crippen molar-refractivity contribution in [3.05, 3.63) is 23.8 Å². The fraction of sp³-hybridized carbons (Fsp3) is 0.600. The van der Waals surface area contributed by atoms with Crippen molar-refractivity contribution < 1.29 is 18.9 Å². The van der Waals surface area contributed by atoms with Crippen molar-refractivity contribution in [3.63, 3.8) is 0 Å². The number of nitrogens with one attached hydrogen (secondary N) is 1. The molecule has 1 unspecified atom stereocenters. The van der Waals surface area contributed by atoms with E-state index in [1.165, 1.54) is 0 Å². The van der Waals surface area contributed by atoms with Gasteiger partial charge < -0.3 is 24.3 Å². The molecule has 0 saturated carbocycles. The highest BCUT2D eigenvalue weighted by molar-refractivity contribution is 5.42. The standard InChI is InChI=1S/C15H23NO4/c1-3-19-15-8-12(4-5-14(15)17-2)9-16-10-13-11-18-6-7-20-13/h4-5,8,13,16H,3,6-7,9-11H2,1-2H3. The van der Waals surface area contributed by atoms with Crippen LogP contribution in [0.4, 0.5) is 0 Å². The third-order valence-corrected chi connectivity index (χ3v) is 3.11. The lowest BCUT2D eigenvalue weighted by Crippen LogP contribution is -2.37. The second-order valence-electron chi connectivity index (χ2n) is 4.62. The molecule has 1 aliphatic heterocycles. The Balaban J connectivity index is 1.84. The molecule has 5 nitrogen and oxygen atoms in total. The van der Waals surface area contributed by atoms with E-state index < -0.39 is 0 Å². The maximum atomic E-state index is 5.58. The van der Waals surface area contributed by atoms with Gasteiger partial charge in [0.2, 0.25) is 0 Å². The third-order valence-electron chi connectivity index (χ3n) is 3.11. The summed E-state index contributed by atoms with van der Waals surface area (Å²) in [5.74, 6) is 1.55. The highest BCUT2D eigenvalue weighted by atomic mass is 16.6. The topological polar surface area (TPSA) is 49.0 Å². The average molecular weight is 281 g/mol. The number of ether oxygens (including phenoxy) is 4. The van der Waals surface area contributed by atoms with E-state index in [4.69, 9.17) is 18.9 Å². The average Bonchev–Trinajstić information content (AvgIpc) is 2.49. The van der Waals surface area contributed by atoms with E-state index in [0.717, 1.165) is 30.2 Å². The van der Waals surface area contributed by atoms with Gasteiger partial charge in [-0.2, -0.15) is 0 Å². The van der Waals surface area contributed by atoms with Crippen LogP contribution in [-0.2, 0) is 16.0 Å². The molecule has 1 atom stereocenters. The molecule has 1 aliphatic rings. The number of methoxy groups -OCH3 is 1. The van der Waals surface area contributed by atoms with E-state index >= 15 is 0 Å². The molecule has 0 aliphatic carbocycles. The minimum Gasteiger partial charge on any atom is -0.493 e. The van der Waals surface area contributed by atoms with E-state index in [9.17, 15) is 0 Å². The Hall–Kier alpha value is -1.30. The first-order valence-electron chi connectivity index (χ1n) is 7.03. The molecule has 1 aromatic rings. The zero-order valence-electron chi connectivity index (χ0n) is 12.2. The van der Waals surface area contributed by atoms with Gasteiger partial charge in [-0.3, -0.25) is 0 Å². The summed E-state index contributed by atoms with van der Waals surface area (Å²) >= 11 is 0. The summed E-state index contributed by atoms with van der Waals surface area (Å²) in [5, 5.41) is 3.38. The van der Waals surface area contributed by atoms with Crippen LogP contribution in [0.1, 0.15) is 12.5 Å². The van der Waals surface area contributed by atoms with Crippen molar-refractivity contribution in [2.45, 2.75) is 19.6 Å². The minimum atomic E-state index is 0.147. The van der Waals surface area contributed by atoms with Crippen molar-refractivity contribution in [2.75, 3.05) is 40.1 Å². The summed E-state index contributed by atoms with van der Waals surface area (Å²) in [6, 6.07) is 5.97. The second kappa shape index (κ2) is 8.09.